The van der Waals surface area contributed by atoms with Crippen LogP contribution in [0.25, 0.3) is 0 Å². The summed E-state index contributed by atoms with van der Waals surface area (Å²) in [5.41, 5.74) is 0.108. The lowest BCUT2D eigenvalue weighted by Crippen LogP contribution is -2.22. The summed E-state index contributed by atoms with van der Waals surface area (Å²) in [4.78, 5) is 10.8. The van der Waals surface area contributed by atoms with Crippen LogP contribution in [0, 0.1) is 0 Å². The third kappa shape index (κ3) is 3.13. The third-order valence-corrected chi connectivity index (χ3v) is 2.60. The smallest absolute Gasteiger partial charge is 0.333 e. The Morgan fingerprint density at radius 3 is 2.80 bits per heavy atom. The van der Waals surface area contributed by atoms with Gasteiger partial charge in [-0.3, -0.25) is 0 Å². The quantitative estimate of drug-likeness (QED) is 0.589. The van der Waals surface area contributed by atoms with Crippen LogP contribution in [0.1, 0.15) is 11.8 Å². The second-order valence-corrected chi connectivity index (χ2v) is 3.99. The van der Waals surface area contributed by atoms with Crippen molar-refractivity contribution >= 4 is 17.3 Å². The van der Waals surface area contributed by atoms with Crippen LogP contribution in [0.3, 0.4) is 0 Å². The maximum absolute atomic E-state index is 13.3. The average Bonchev–Trinajstić information content (AvgIpc) is 2.67. The molecule has 0 aliphatic rings. The molecule has 0 unspecified atom stereocenters. The lowest BCUT2D eigenvalue weighted by atomic mass is 10.3. The van der Waals surface area contributed by atoms with Crippen molar-refractivity contribution in [2.45, 2.75) is 12.8 Å². The number of hydrogen-bond acceptors (Lipinski definition) is 3. The molecule has 0 saturated carbocycles. The SMILES string of the molecule is C=C(C)C(=O)OCC(F)(F)c1cccs1. The first-order valence-electron chi connectivity index (χ1n) is 4.18. The molecule has 5 heteroatoms. The van der Waals surface area contributed by atoms with Crippen LogP contribution in [0.2, 0.25) is 0 Å². The van der Waals surface area contributed by atoms with Gasteiger partial charge in [0.1, 0.15) is 0 Å². The van der Waals surface area contributed by atoms with E-state index < -0.39 is 18.5 Å². The molecule has 1 aromatic heterocycles. The number of thiophene rings is 1. The van der Waals surface area contributed by atoms with Crippen molar-refractivity contribution in [2.24, 2.45) is 0 Å². The summed E-state index contributed by atoms with van der Waals surface area (Å²) in [6.45, 7) is 3.76. The second kappa shape index (κ2) is 4.53. The minimum atomic E-state index is -3.13. The molecule has 0 aromatic carbocycles. The first-order chi connectivity index (χ1) is 6.93. The van der Waals surface area contributed by atoms with Gasteiger partial charge in [-0.1, -0.05) is 12.6 Å². The molecular formula is C10H10F2O2S. The van der Waals surface area contributed by atoms with Crippen LogP contribution in [0.4, 0.5) is 8.78 Å². The number of ether oxygens (including phenoxy) is 1. The van der Waals surface area contributed by atoms with E-state index in [4.69, 9.17) is 0 Å². The number of halogens is 2. The van der Waals surface area contributed by atoms with E-state index in [2.05, 4.69) is 11.3 Å². The van der Waals surface area contributed by atoms with Crippen molar-refractivity contribution < 1.29 is 18.3 Å². The fraction of sp³-hybridized carbons (Fsp3) is 0.300. The van der Waals surface area contributed by atoms with Crippen LogP contribution in [0.5, 0.6) is 0 Å². The highest BCUT2D eigenvalue weighted by molar-refractivity contribution is 7.10. The normalized spacial score (nSPS) is 11.1. The van der Waals surface area contributed by atoms with Crippen LogP contribution >= 0.6 is 11.3 Å². The molecule has 0 bridgehead atoms. The Kier molecular flexibility index (Phi) is 3.57. The van der Waals surface area contributed by atoms with Gasteiger partial charge in [-0.25, -0.2) is 4.79 Å². The molecule has 0 aliphatic carbocycles. The van der Waals surface area contributed by atoms with Gasteiger partial charge in [0.15, 0.2) is 6.61 Å². The fourth-order valence-electron chi connectivity index (χ4n) is 0.837. The van der Waals surface area contributed by atoms with Gasteiger partial charge in [0, 0.05) is 5.57 Å². The van der Waals surface area contributed by atoms with Gasteiger partial charge in [0.2, 0.25) is 0 Å². The number of carbonyl (C=O) groups excluding carboxylic acids is 1. The molecular weight excluding hydrogens is 222 g/mol. The minimum absolute atomic E-state index is 0.108. The highest BCUT2D eigenvalue weighted by Crippen LogP contribution is 2.31. The lowest BCUT2D eigenvalue weighted by Gasteiger charge is -2.14. The van der Waals surface area contributed by atoms with Crippen LogP contribution in [-0.4, -0.2) is 12.6 Å². The molecule has 0 atom stereocenters. The van der Waals surface area contributed by atoms with Gasteiger partial charge >= 0.3 is 11.9 Å². The van der Waals surface area contributed by atoms with Gasteiger partial charge in [0.05, 0.1) is 4.88 Å². The largest absolute Gasteiger partial charge is 0.456 e. The summed E-state index contributed by atoms with van der Waals surface area (Å²) in [5.74, 6) is -3.93. The summed E-state index contributed by atoms with van der Waals surface area (Å²) in [5, 5.41) is 1.55. The standard InChI is InChI=1S/C10H10F2O2S/c1-7(2)9(13)14-6-10(11,12)8-4-3-5-15-8/h3-5H,1,6H2,2H3. The van der Waals surface area contributed by atoms with E-state index in [-0.39, 0.29) is 10.5 Å². The Labute approximate surface area is 90.2 Å². The zero-order valence-corrected chi connectivity index (χ0v) is 8.94. The van der Waals surface area contributed by atoms with E-state index in [1.54, 1.807) is 5.38 Å². The highest BCUT2D eigenvalue weighted by Gasteiger charge is 2.34. The van der Waals surface area contributed by atoms with Crippen molar-refractivity contribution in [3.8, 4) is 0 Å². The molecule has 0 fully saturated rings. The van der Waals surface area contributed by atoms with Crippen molar-refractivity contribution in [1.29, 1.82) is 0 Å². The lowest BCUT2D eigenvalue weighted by molar-refractivity contribution is -0.151. The van der Waals surface area contributed by atoms with E-state index in [1.165, 1.54) is 19.1 Å². The van der Waals surface area contributed by atoms with Crippen LogP contribution < -0.4 is 0 Å². The number of carbonyl (C=O) groups is 1. The molecule has 0 spiro atoms. The average molecular weight is 232 g/mol. The van der Waals surface area contributed by atoms with E-state index in [0.29, 0.717) is 0 Å². The Morgan fingerprint density at radius 1 is 1.67 bits per heavy atom. The van der Waals surface area contributed by atoms with E-state index in [9.17, 15) is 13.6 Å². The number of hydrogen-bond donors (Lipinski definition) is 0. The minimum Gasteiger partial charge on any atom is -0.456 e. The Bertz CT molecular complexity index is 358. The van der Waals surface area contributed by atoms with Crippen molar-refractivity contribution in [2.75, 3.05) is 6.61 Å². The molecule has 0 aliphatic heterocycles. The predicted octanol–water partition coefficient (Wildman–Crippen LogP) is 2.96. The molecule has 0 saturated heterocycles. The molecule has 0 radical (unpaired) electrons. The Morgan fingerprint density at radius 2 is 2.33 bits per heavy atom. The van der Waals surface area contributed by atoms with Gasteiger partial charge in [0.25, 0.3) is 0 Å². The highest BCUT2D eigenvalue weighted by atomic mass is 32.1. The Balaban J connectivity index is 2.58. The van der Waals surface area contributed by atoms with Crippen molar-refractivity contribution in [1.82, 2.24) is 0 Å². The predicted molar refractivity (Wildman–Crippen MR) is 54.0 cm³/mol. The molecule has 0 amide bonds. The zero-order valence-electron chi connectivity index (χ0n) is 8.13. The summed E-state index contributed by atoms with van der Waals surface area (Å²) >= 11 is 0.926. The van der Waals surface area contributed by atoms with Crippen LogP contribution in [0.15, 0.2) is 29.7 Å². The summed E-state index contributed by atoms with van der Waals surface area (Å²) in [7, 11) is 0. The van der Waals surface area contributed by atoms with Crippen molar-refractivity contribution in [3.63, 3.8) is 0 Å². The number of rotatable bonds is 4. The molecule has 0 N–H and O–H groups in total. The van der Waals surface area contributed by atoms with Gasteiger partial charge in [-0.15, -0.1) is 11.3 Å². The number of alkyl halides is 2. The van der Waals surface area contributed by atoms with Crippen molar-refractivity contribution in [3.05, 3.63) is 34.5 Å². The third-order valence-electron chi connectivity index (χ3n) is 1.61. The van der Waals surface area contributed by atoms with Gasteiger partial charge < -0.3 is 4.74 Å². The molecule has 1 rings (SSSR count). The molecule has 1 heterocycles. The maximum Gasteiger partial charge on any atom is 0.333 e. The maximum atomic E-state index is 13.3. The molecule has 2 nitrogen and oxygen atoms in total. The van der Waals surface area contributed by atoms with Crippen LogP contribution in [-0.2, 0) is 15.5 Å². The van der Waals surface area contributed by atoms with E-state index in [0.717, 1.165) is 11.3 Å². The monoisotopic (exact) mass is 232 g/mol. The topological polar surface area (TPSA) is 26.3 Å². The van der Waals surface area contributed by atoms with Gasteiger partial charge in [-0.2, -0.15) is 8.78 Å². The Hall–Kier alpha value is -1.23. The second-order valence-electron chi connectivity index (χ2n) is 3.04. The fourth-order valence-corrected chi connectivity index (χ4v) is 1.53. The summed E-state index contributed by atoms with van der Waals surface area (Å²) < 4.78 is 31.0. The zero-order chi connectivity index (χ0) is 11.5. The summed E-state index contributed by atoms with van der Waals surface area (Å²) in [6, 6.07) is 2.83. The summed E-state index contributed by atoms with van der Waals surface area (Å²) in [6.07, 6.45) is 0. The molecule has 82 valence electrons. The van der Waals surface area contributed by atoms with E-state index in [1.807, 2.05) is 0 Å². The van der Waals surface area contributed by atoms with Gasteiger partial charge in [-0.05, 0) is 18.4 Å². The molecule has 15 heavy (non-hydrogen) atoms. The number of esters is 1. The molecule has 1 aromatic rings. The first-order valence-corrected chi connectivity index (χ1v) is 5.06. The first kappa shape index (κ1) is 11.8. The van der Waals surface area contributed by atoms with E-state index >= 15 is 0 Å².